The third-order valence-corrected chi connectivity index (χ3v) is 4.73. The molecule has 2 aromatic rings. The van der Waals surface area contributed by atoms with Gasteiger partial charge < -0.3 is 14.8 Å². The summed E-state index contributed by atoms with van der Waals surface area (Å²) < 4.78 is 36.6. The number of carbonyl (C=O) groups excluding carboxylic acids is 1. The SMILES string of the molecule is C=CCOc1cccc(NC(=O)CN(c2ccccc2OCC)S(C)(=O)=O)c1. The minimum Gasteiger partial charge on any atom is -0.492 e. The maximum absolute atomic E-state index is 12.5. The minimum absolute atomic E-state index is 0.310. The molecule has 2 rings (SSSR count). The van der Waals surface area contributed by atoms with Gasteiger partial charge in [-0.05, 0) is 31.2 Å². The quantitative estimate of drug-likeness (QED) is 0.615. The Balaban J connectivity index is 2.20. The molecule has 0 aliphatic heterocycles. The van der Waals surface area contributed by atoms with Crippen LogP contribution in [0.5, 0.6) is 11.5 Å². The molecule has 7 nitrogen and oxygen atoms in total. The van der Waals surface area contributed by atoms with Crippen molar-refractivity contribution >= 4 is 27.3 Å². The number of benzene rings is 2. The van der Waals surface area contributed by atoms with Crippen molar-refractivity contribution in [3.63, 3.8) is 0 Å². The molecule has 0 atom stereocenters. The molecule has 0 bridgehead atoms. The van der Waals surface area contributed by atoms with Crippen molar-refractivity contribution in [2.75, 3.05) is 35.6 Å². The van der Waals surface area contributed by atoms with Gasteiger partial charge in [0.05, 0.1) is 18.6 Å². The Hall–Kier alpha value is -3.00. The van der Waals surface area contributed by atoms with Crippen molar-refractivity contribution in [1.29, 1.82) is 0 Å². The highest BCUT2D eigenvalue weighted by molar-refractivity contribution is 7.92. The molecule has 0 radical (unpaired) electrons. The standard InChI is InChI=1S/C20H24N2O5S/c1-4-13-27-17-10-8-9-16(14-17)21-20(23)15-22(28(3,24)25)18-11-6-7-12-19(18)26-5-2/h4,6-12,14H,1,5,13,15H2,2-3H3,(H,21,23). The lowest BCUT2D eigenvalue weighted by Crippen LogP contribution is -2.37. The molecule has 0 aliphatic carbocycles. The highest BCUT2D eigenvalue weighted by Crippen LogP contribution is 2.29. The lowest BCUT2D eigenvalue weighted by atomic mass is 10.3. The van der Waals surface area contributed by atoms with Crippen LogP contribution < -0.4 is 19.1 Å². The molecular weight excluding hydrogens is 380 g/mol. The molecule has 0 unspecified atom stereocenters. The molecule has 0 saturated heterocycles. The number of rotatable bonds is 10. The van der Waals surface area contributed by atoms with E-state index < -0.39 is 15.9 Å². The largest absolute Gasteiger partial charge is 0.492 e. The Bertz CT molecular complexity index is 928. The average molecular weight is 404 g/mol. The maximum atomic E-state index is 12.5. The second kappa shape index (κ2) is 9.80. The fourth-order valence-corrected chi connectivity index (χ4v) is 3.33. The van der Waals surface area contributed by atoms with Gasteiger partial charge in [0, 0.05) is 11.8 Å². The molecule has 8 heteroatoms. The fraction of sp³-hybridized carbons (Fsp3) is 0.250. The molecule has 0 aliphatic rings. The van der Waals surface area contributed by atoms with Crippen molar-refractivity contribution in [2.24, 2.45) is 0 Å². The summed E-state index contributed by atoms with van der Waals surface area (Å²) in [5, 5.41) is 2.69. The number of nitrogens with zero attached hydrogens (tertiary/aromatic N) is 1. The van der Waals surface area contributed by atoms with E-state index in [0.29, 0.717) is 36.1 Å². The first kappa shape index (κ1) is 21.3. The van der Waals surface area contributed by atoms with Gasteiger partial charge in [-0.15, -0.1) is 0 Å². The monoisotopic (exact) mass is 404 g/mol. The molecule has 150 valence electrons. The number of anilines is 2. The Morgan fingerprint density at radius 2 is 1.93 bits per heavy atom. The van der Waals surface area contributed by atoms with E-state index in [-0.39, 0.29) is 6.54 Å². The number of hydrogen-bond donors (Lipinski definition) is 1. The average Bonchev–Trinajstić information content (AvgIpc) is 2.65. The smallest absolute Gasteiger partial charge is 0.245 e. The van der Waals surface area contributed by atoms with E-state index in [9.17, 15) is 13.2 Å². The Labute approximate surface area is 165 Å². The number of ether oxygens (including phenoxy) is 2. The van der Waals surface area contributed by atoms with Gasteiger partial charge in [0.25, 0.3) is 0 Å². The molecule has 1 N–H and O–H groups in total. The van der Waals surface area contributed by atoms with E-state index >= 15 is 0 Å². The number of para-hydroxylation sites is 2. The predicted molar refractivity (Wildman–Crippen MR) is 111 cm³/mol. The van der Waals surface area contributed by atoms with Crippen LogP contribution in [0.25, 0.3) is 0 Å². The van der Waals surface area contributed by atoms with Gasteiger partial charge in [0.1, 0.15) is 24.7 Å². The molecule has 0 saturated carbocycles. The Kier molecular flexibility index (Phi) is 7.45. The van der Waals surface area contributed by atoms with Crippen LogP contribution in [0.15, 0.2) is 61.2 Å². The maximum Gasteiger partial charge on any atom is 0.245 e. The first-order valence-corrected chi connectivity index (χ1v) is 10.5. The van der Waals surface area contributed by atoms with Crippen LogP contribution in [0.2, 0.25) is 0 Å². The first-order chi connectivity index (χ1) is 13.3. The number of hydrogen-bond acceptors (Lipinski definition) is 5. The number of nitrogens with one attached hydrogen (secondary N) is 1. The first-order valence-electron chi connectivity index (χ1n) is 8.68. The van der Waals surface area contributed by atoms with Crippen LogP contribution in [0, 0.1) is 0 Å². The van der Waals surface area contributed by atoms with Gasteiger partial charge in [0.2, 0.25) is 15.9 Å². The van der Waals surface area contributed by atoms with Crippen LogP contribution in [0.3, 0.4) is 0 Å². The number of sulfonamides is 1. The molecule has 1 amide bonds. The minimum atomic E-state index is -3.71. The molecule has 0 fully saturated rings. The lowest BCUT2D eigenvalue weighted by Gasteiger charge is -2.24. The summed E-state index contributed by atoms with van der Waals surface area (Å²) in [6.07, 6.45) is 2.66. The summed E-state index contributed by atoms with van der Waals surface area (Å²) in [6, 6.07) is 13.5. The van der Waals surface area contributed by atoms with E-state index in [1.54, 1.807) is 61.5 Å². The molecule has 0 heterocycles. The predicted octanol–water partition coefficient (Wildman–Crippen LogP) is 3.05. The normalized spacial score (nSPS) is 10.8. The van der Waals surface area contributed by atoms with Crippen LogP contribution in [-0.4, -0.2) is 40.3 Å². The second-order valence-electron chi connectivity index (χ2n) is 5.85. The molecule has 0 aromatic heterocycles. The second-order valence-corrected chi connectivity index (χ2v) is 7.75. The Morgan fingerprint density at radius 3 is 2.61 bits per heavy atom. The van der Waals surface area contributed by atoms with Gasteiger partial charge in [-0.3, -0.25) is 9.10 Å². The summed E-state index contributed by atoms with van der Waals surface area (Å²) in [5.41, 5.74) is 0.808. The number of amides is 1. The molecule has 2 aromatic carbocycles. The fourth-order valence-electron chi connectivity index (χ4n) is 2.47. The summed E-state index contributed by atoms with van der Waals surface area (Å²) in [4.78, 5) is 12.5. The van der Waals surface area contributed by atoms with Gasteiger partial charge in [-0.25, -0.2) is 8.42 Å². The van der Waals surface area contributed by atoms with Crippen molar-refractivity contribution in [3.8, 4) is 11.5 Å². The van der Waals surface area contributed by atoms with E-state index in [1.165, 1.54) is 0 Å². The van der Waals surface area contributed by atoms with Crippen molar-refractivity contribution < 1.29 is 22.7 Å². The molecule has 28 heavy (non-hydrogen) atoms. The highest BCUT2D eigenvalue weighted by atomic mass is 32.2. The Morgan fingerprint density at radius 1 is 1.18 bits per heavy atom. The van der Waals surface area contributed by atoms with Gasteiger partial charge in [-0.2, -0.15) is 0 Å². The van der Waals surface area contributed by atoms with Crippen molar-refractivity contribution in [2.45, 2.75) is 6.92 Å². The molecular formula is C20H24N2O5S. The molecule has 0 spiro atoms. The summed E-state index contributed by atoms with van der Waals surface area (Å²) in [5.74, 6) is 0.472. The summed E-state index contributed by atoms with van der Waals surface area (Å²) in [7, 11) is -3.71. The van der Waals surface area contributed by atoms with E-state index in [4.69, 9.17) is 9.47 Å². The topological polar surface area (TPSA) is 84.9 Å². The summed E-state index contributed by atoms with van der Waals surface area (Å²) in [6.45, 7) is 5.71. The van der Waals surface area contributed by atoms with Crippen molar-refractivity contribution in [1.82, 2.24) is 0 Å². The zero-order valence-electron chi connectivity index (χ0n) is 15.9. The van der Waals surface area contributed by atoms with Crippen molar-refractivity contribution in [3.05, 3.63) is 61.2 Å². The zero-order valence-corrected chi connectivity index (χ0v) is 16.7. The third kappa shape index (κ3) is 6.02. The third-order valence-electron chi connectivity index (χ3n) is 3.61. The van der Waals surface area contributed by atoms with Crippen LogP contribution in [0.4, 0.5) is 11.4 Å². The van der Waals surface area contributed by atoms with E-state index in [1.807, 2.05) is 0 Å². The van der Waals surface area contributed by atoms with Gasteiger partial charge >= 0.3 is 0 Å². The van der Waals surface area contributed by atoms with Gasteiger partial charge in [-0.1, -0.05) is 30.9 Å². The van der Waals surface area contributed by atoms with E-state index in [0.717, 1.165) is 10.6 Å². The van der Waals surface area contributed by atoms with Gasteiger partial charge in [0.15, 0.2) is 0 Å². The van der Waals surface area contributed by atoms with Crippen LogP contribution >= 0.6 is 0 Å². The van der Waals surface area contributed by atoms with Crippen LogP contribution in [-0.2, 0) is 14.8 Å². The highest BCUT2D eigenvalue weighted by Gasteiger charge is 2.24. The summed E-state index contributed by atoms with van der Waals surface area (Å²) >= 11 is 0. The lowest BCUT2D eigenvalue weighted by molar-refractivity contribution is -0.114. The zero-order chi connectivity index (χ0) is 20.6. The van der Waals surface area contributed by atoms with Crippen LogP contribution in [0.1, 0.15) is 6.92 Å². The number of carbonyl (C=O) groups is 1. The van der Waals surface area contributed by atoms with E-state index in [2.05, 4.69) is 11.9 Å².